The van der Waals surface area contributed by atoms with Crippen molar-refractivity contribution in [1.82, 2.24) is 13.9 Å². The predicted octanol–water partition coefficient (Wildman–Crippen LogP) is -0.113. The molecule has 0 fully saturated rings. The molecule has 1 aromatic carbocycles. The number of sulfonamides is 1. The Labute approximate surface area is 146 Å². The zero-order chi connectivity index (χ0) is 18.8. The van der Waals surface area contributed by atoms with Gasteiger partial charge in [0.15, 0.2) is 4.90 Å². The first-order valence-corrected chi connectivity index (χ1v) is 9.17. The number of nitrogens with one attached hydrogen (secondary N) is 1. The second-order valence-electron chi connectivity index (χ2n) is 5.90. The van der Waals surface area contributed by atoms with Crippen molar-refractivity contribution in [3.05, 3.63) is 57.4 Å². The number of hydrogen-bond donors (Lipinski definition) is 1. The van der Waals surface area contributed by atoms with Crippen LogP contribution in [-0.2, 0) is 24.1 Å². The molecule has 136 valence electrons. The molecule has 0 bridgehead atoms. The van der Waals surface area contributed by atoms with Crippen LogP contribution in [0.2, 0.25) is 0 Å². The third-order valence-electron chi connectivity index (χ3n) is 4.10. The van der Waals surface area contributed by atoms with Crippen molar-refractivity contribution >= 4 is 15.7 Å². The number of rotatable bonds is 6. The van der Waals surface area contributed by atoms with Crippen LogP contribution in [0.4, 0.5) is 5.69 Å². The average molecular weight is 366 g/mol. The normalized spacial score (nSPS) is 12.8. The first-order chi connectivity index (χ1) is 11.6. The number of aryl methyl sites for hydroxylation is 1. The molecule has 8 nitrogen and oxygen atoms in total. The van der Waals surface area contributed by atoms with E-state index < -0.39 is 26.2 Å². The largest absolute Gasteiger partial charge is 0.371 e. The molecule has 1 unspecified atom stereocenters. The summed E-state index contributed by atoms with van der Waals surface area (Å²) >= 11 is 0. The van der Waals surface area contributed by atoms with E-state index in [0.29, 0.717) is 0 Å². The van der Waals surface area contributed by atoms with E-state index in [1.807, 2.05) is 49.2 Å². The second-order valence-corrected chi connectivity index (χ2v) is 7.63. The van der Waals surface area contributed by atoms with Gasteiger partial charge in [0.1, 0.15) is 0 Å². The summed E-state index contributed by atoms with van der Waals surface area (Å²) in [4.78, 5) is 25.3. The third kappa shape index (κ3) is 3.99. The minimum Gasteiger partial charge on any atom is -0.371 e. The summed E-state index contributed by atoms with van der Waals surface area (Å²) in [6.07, 6.45) is 1.04. The lowest BCUT2D eigenvalue weighted by Crippen LogP contribution is -2.44. The monoisotopic (exact) mass is 366 g/mol. The molecule has 0 spiro atoms. The molecular weight excluding hydrogens is 344 g/mol. The van der Waals surface area contributed by atoms with Gasteiger partial charge in [-0.3, -0.25) is 9.36 Å². The molecule has 0 radical (unpaired) electrons. The summed E-state index contributed by atoms with van der Waals surface area (Å²) in [6, 6.07) is 9.41. The maximum absolute atomic E-state index is 12.5. The summed E-state index contributed by atoms with van der Waals surface area (Å²) in [6.45, 7) is 1.98. The average Bonchev–Trinajstić information content (AvgIpc) is 2.61. The minimum absolute atomic E-state index is 0.111. The van der Waals surface area contributed by atoms with Crippen LogP contribution in [0.3, 0.4) is 0 Å². The molecule has 0 saturated carbocycles. The van der Waals surface area contributed by atoms with Crippen molar-refractivity contribution in [1.29, 1.82) is 0 Å². The Bertz CT molecular complexity index is 964. The number of anilines is 1. The minimum atomic E-state index is -4.03. The molecule has 25 heavy (non-hydrogen) atoms. The van der Waals surface area contributed by atoms with Gasteiger partial charge in [0, 0.05) is 45.6 Å². The maximum atomic E-state index is 12.5. The Hall–Kier alpha value is -2.39. The predicted molar refractivity (Wildman–Crippen MR) is 96.4 cm³/mol. The molecule has 0 aliphatic carbocycles. The van der Waals surface area contributed by atoms with E-state index in [4.69, 9.17) is 0 Å². The van der Waals surface area contributed by atoms with E-state index in [2.05, 4.69) is 4.72 Å². The summed E-state index contributed by atoms with van der Waals surface area (Å²) < 4.78 is 29.2. The van der Waals surface area contributed by atoms with Crippen molar-refractivity contribution in [3.8, 4) is 0 Å². The molecular formula is C16H22N4O4S. The van der Waals surface area contributed by atoms with Crippen LogP contribution in [0.5, 0.6) is 0 Å². The maximum Gasteiger partial charge on any atom is 0.330 e. The van der Waals surface area contributed by atoms with Gasteiger partial charge in [-0.1, -0.05) is 18.2 Å². The van der Waals surface area contributed by atoms with Crippen LogP contribution < -0.4 is 20.9 Å². The first kappa shape index (κ1) is 18.9. The SMILES string of the molecule is CC(CNS(=O)(=O)c1cn(C)c(=O)n(C)c1=O)N(C)c1ccccc1. The number of likely N-dealkylation sites (N-methyl/N-ethyl adjacent to an activating group) is 1. The second kappa shape index (κ2) is 7.24. The topological polar surface area (TPSA) is 93.4 Å². The highest BCUT2D eigenvalue weighted by atomic mass is 32.2. The lowest BCUT2D eigenvalue weighted by molar-refractivity contribution is 0.561. The Kier molecular flexibility index (Phi) is 5.48. The fourth-order valence-corrected chi connectivity index (χ4v) is 3.60. The molecule has 0 saturated heterocycles. The molecule has 2 rings (SSSR count). The van der Waals surface area contributed by atoms with Crippen LogP contribution in [-0.4, -0.2) is 37.2 Å². The number of nitrogens with zero attached hydrogens (tertiary/aromatic N) is 3. The van der Waals surface area contributed by atoms with Crippen LogP contribution in [0.25, 0.3) is 0 Å². The number of aromatic nitrogens is 2. The van der Waals surface area contributed by atoms with Gasteiger partial charge in [-0.2, -0.15) is 0 Å². The fraction of sp³-hybridized carbons (Fsp3) is 0.375. The Morgan fingerprint density at radius 3 is 2.36 bits per heavy atom. The van der Waals surface area contributed by atoms with E-state index >= 15 is 0 Å². The number of hydrogen-bond acceptors (Lipinski definition) is 5. The van der Waals surface area contributed by atoms with E-state index in [-0.39, 0.29) is 12.6 Å². The van der Waals surface area contributed by atoms with E-state index in [1.165, 1.54) is 14.1 Å². The first-order valence-electron chi connectivity index (χ1n) is 7.69. The molecule has 9 heteroatoms. The zero-order valence-corrected chi connectivity index (χ0v) is 15.4. The number of para-hydroxylation sites is 1. The van der Waals surface area contributed by atoms with Crippen molar-refractivity contribution in [3.63, 3.8) is 0 Å². The zero-order valence-electron chi connectivity index (χ0n) is 14.6. The van der Waals surface area contributed by atoms with Crippen molar-refractivity contribution < 1.29 is 8.42 Å². The van der Waals surface area contributed by atoms with Crippen LogP contribution in [0, 0.1) is 0 Å². The fourth-order valence-electron chi connectivity index (χ4n) is 2.32. The van der Waals surface area contributed by atoms with Crippen molar-refractivity contribution in [2.24, 2.45) is 14.1 Å². The third-order valence-corrected chi connectivity index (χ3v) is 5.50. The van der Waals surface area contributed by atoms with Crippen LogP contribution >= 0.6 is 0 Å². The molecule has 1 heterocycles. The highest BCUT2D eigenvalue weighted by Crippen LogP contribution is 2.14. The summed E-state index contributed by atoms with van der Waals surface area (Å²) in [7, 11) is 0.468. The molecule has 1 atom stereocenters. The van der Waals surface area contributed by atoms with Gasteiger partial charge < -0.3 is 9.47 Å². The molecule has 0 aliphatic heterocycles. The molecule has 1 N–H and O–H groups in total. The lowest BCUT2D eigenvalue weighted by Gasteiger charge is -2.27. The Morgan fingerprint density at radius 2 is 1.76 bits per heavy atom. The van der Waals surface area contributed by atoms with Crippen LogP contribution in [0.15, 0.2) is 51.0 Å². The van der Waals surface area contributed by atoms with Crippen molar-refractivity contribution in [2.45, 2.75) is 17.9 Å². The quantitative estimate of drug-likeness (QED) is 0.770. The standard InChI is InChI=1S/C16H22N4O4S/c1-12(19(3)13-8-6-5-7-9-13)10-17-25(23,24)14-11-18(2)16(22)20(4)15(14)21/h5-9,11-12,17H,10H2,1-4H3. The van der Waals surface area contributed by atoms with Gasteiger partial charge in [0.2, 0.25) is 10.0 Å². The summed E-state index contributed by atoms with van der Waals surface area (Å²) in [5.74, 6) is 0. The molecule has 0 amide bonds. The lowest BCUT2D eigenvalue weighted by atomic mass is 10.2. The summed E-state index contributed by atoms with van der Waals surface area (Å²) in [5.41, 5.74) is -0.479. The van der Waals surface area contributed by atoms with Gasteiger partial charge >= 0.3 is 5.69 Å². The smallest absolute Gasteiger partial charge is 0.330 e. The van der Waals surface area contributed by atoms with Gasteiger partial charge in [-0.15, -0.1) is 0 Å². The van der Waals surface area contributed by atoms with E-state index in [0.717, 1.165) is 21.0 Å². The number of benzene rings is 1. The summed E-state index contributed by atoms with van der Waals surface area (Å²) in [5, 5.41) is 0. The molecule has 1 aromatic heterocycles. The molecule has 2 aromatic rings. The highest BCUT2D eigenvalue weighted by Gasteiger charge is 2.22. The van der Waals surface area contributed by atoms with Gasteiger partial charge in [-0.05, 0) is 19.1 Å². The van der Waals surface area contributed by atoms with Crippen molar-refractivity contribution in [2.75, 3.05) is 18.5 Å². The molecule has 0 aliphatic rings. The Balaban J connectivity index is 2.20. The van der Waals surface area contributed by atoms with Crippen LogP contribution in [0.1, 0.15) is 6.92 Å². The highest BCUT2D eigenvalue weighted by molar-refractivity contribution is 7.89. The van der Waals surface area contributed by atoms with E-state index in [1.54, 1.807) is 0 Å². The van der Waals surface area contributed by atoms with Gasteiger partial charge in [0.25, 0.3) is 5.56 Å². The van der Waals surface area contributed by atoms with E-state index in [9.17, 15) is 18.0 Å². The Morgan fingerprint density at radius 1 is 1.16 bits per heavy atom. The van der Waals surface area contributed by atoms with Gasteiger partial charge in [-0.25, -0.2) is 17.9 Å². The van der Waals surface area contributed by atoms with Gasteiger partial charge in [0.05, 0.1) is 0 Å².